The molecule has 0 spiro atoms. The van der Waals surface area contributed by atoms with Gasteiger partial charge in [0, 0.05) is 45.2 Å². The van der Waals surface area contributed by atoms with Crippen molar-refractivity contribution in [1.82, 2.24) is 4.90 Å². The Hall–Kier alpha value is -3.00. The number of piperazine rings is 1. The average molecular weight is 372 g/mol. The Morgan fingerprint density at radius 3 is 2.44 bits per heavy atom. The van der Waals surface area contributed by atoms with E-state index >= 15 is 0 Å². The van der Waals surface area contributed by atoms with Crippen LogP contribution in [0.15, 0.2) is 48.5 Å². The molecule has 2 aromatic carbocycles. The summed E-state index contributed by atoms with van der Waals surface area (Å²) in [4.78, 5) is 27.0. The van der Waals surface area contributed by atoms with Gasteiger partial charge < -0.3 is 10.2 Å². The van der Waals surface area contributed by atoms with Crippen LogP contribution in [-0.2, 0) is 4.79 Å². The van der Waals surface area contributed by atoms with Gasteiger partial charge >= 0.3 is 0 Å². The second-order valence-corrected chi connectivity index (χ2v) is 6.35. The van der Waals surface area contributed by atoms with Gasteiger partial charge in [-0.05, 0) is 18.2 Å². The normalized spacial score (nSPS) is 14.8. The molecule has 1 N–H and O–H groups in total. The fourth-order valence-electron chi connectivity index (χ4n) is 3.13. The number of nitro benzene ring substituents is 1. The summed E-state index contributed by atoms with van der Waals surface area (Å²) >= 11 is 0. The quantitative estimate of drug-likeness (QED) is 0.623. The van der Waals surface area contributed by atoms with E-state index in [4.69, 9.17) is 0 Å². The standard InChI is InChI=1S/C19H21FN4O3/c20-15-5-1-2-6-16(15)21-19(25)9-10-22-11-13-23(14-12-22)17-7-3-4-8-18(17)24(26)27/h1-8H,9-14H2,(H,21,25). The van der Waals surface area contributed by atoms with Crippen LogP contribution in [0.4, 0.5) is 21.5 Å². The van der Waals surface area contributed by atoms with Crippen molar-refractivity contribution in [3.05, 3.63) is 64.5 Å². The molecule has 1 heterocycles. The summed E-state index contributed by atoms with van der Waals surface area (Å²) in [5.41, 5.74) is 0.915. The Morgan fingerprint density at radius 2 is 1.74 bits per heavy atom. The first-order valence-corrected chi connectivity index (χ1v) is 8.79. The van der Waals surface area contributed by atoms with Gasteiger partial charge in [0.15, 0.2) is 0 Å². The summed E-state index contributed by atoms with van der Waals surface area (Å²) in [7, 11) is 0. The molecular formula is C19H21FN4O3. The number of anilines is 2. The second kappa shape index (κ2) is 8.59. The van der Waals surface area contributed by atoms with Crippen LogP contribution < -0.4 is 10.2 Å². The monoisotopic (exact) mass is 372 g/mol. The maximum Gasteiger partial charge on any atom is 0.292 e. The number of amides is 1. The number of para-hydroxylation sites is 3. The van der Waals surface area contributed by atoms with Crippen LogP contribution in [-0.4, -0.2) is 48.5 Å². The smallest absolute Gasteiger partial charge is 0.292 e. The molecule has 0 bridgehead atoms. The predicted molar refractivity (Wildman–Crippen MR) is 101 cm³/mol. The minimum absolute atomic E-state index is 0.107. The first-order chi connectivity index (χ1) is 13.0. The van der Waals surface area contributed by atoms with Crippen molar-refractivity contribution in [2.45, 2.75) is 6.42 Å². The van der Waals surface area contributed by atoms with Gasteiger partial charge in [-0.1, -0.05) is 24.3 Å². The molecule has 0 saturated carbocycles. The molecule has 0 aromatic heterocycles. The number of benzene rings is 2. The van der Waals surface area contributed by atoms with Crippen molar-refractivity contribution in [3.8, 4) is 0 Å². The summed E-state index contributed by atoms with van der Waals surface area (Å²) in [5.74, 6) is -0.690. The predicted octanol–water partition coefficient (Wildman–Crippen LogP) is 2.88. The topological polar surface area (TPSA) is 78.7 Å². The summed E-state index contributed by atoms with van der Waals surface area (Å²) in [6.45, 7) is 3.28. The van der Waals surface area contributed by atoms with E-state index in [1.807, 2.05) is 4.90 Å². The number of halogens is 1. The molecule has 0 unspecified atom stereocenters. The fraction of sp³-hybridized carbons (Fsp3) is 0.316. The molecule has 1 fully saturated rings. The molecule has 0 radical (unpaired) electrons. The minimum Gasteiger partial charge on any atom is -0.363 e. The SMILES string of the molecule is O=C(CCN1CCN(c2ccccc2[N+](=O)[O-])CC1)Nc1ccccc1F. The highest BCUT2D eigenvalue weighted by atomic mass is 19.1. The summed E-state index contributed by atoms with van der Waals surface area (Å²) in [6.07, 6.45) is 0.264. The highest BCUT2D eigenvalue weighted by molar-refractivity contribution is 5.90. The van der Waals surface area contributed by atoms with Crippen LogP contribution in [0.3, 0.4) is 0 Å². The first-order valence-electron chi connectivity index (χ1n) is 8.79. The average Bonchev–Trinajstić information content (AvgIpc) is 2.68. The van der Waals surface area contributed by atoms with Gasteiger partial charge in [0.2, 0.25) is 5.91 Å². The van der Waals surface area contributed by atoms with E-state index in [9.17, 15) is 19.3 Å². The second-order valence-electron chi connectivity index (χ2n) is 6.35. The Kier molecular flexibility index (Phi) is 5.97. The highest BCUT2D eigenvalue weighted by Gasteiger charge is 2.23. The lowest BCUT2D eigenvalue weighted by atomic mass is 10.2. The van der Waals surface area contributed by atoms with Crippen LogP contribution >= 0.6 is 0 Å². The lowest BCUT2D eigenvalue weighted by molar-refractivity contribution is -0.384. The van der Waals surface area contributed by atoms with E-state index in [0.29, 0.717) is 38.4 Å². The zero-order chi connectivity index (χ0) is 19.2. The van der Waals surface area contributed by atoms with Crippen LogP contribution in [0, 0.1) is 15.9 Å². The molecule has 2 aromatic rings. The molecule has 0 aliphatic carbocycles. The zero-order valence-electron chi connectivity index (χ0n) is 14.8. The van der Waals surface area contributed by atoms with Crippen molar-refractivity contribution in [3.63, 3.8) is 0 Å². The summed E-state index contributed by atoms with van der Waals surface area (Å²) in [5, 5.41) is 13.8. The molecule has 1 amide bonds. The van der Waals surface area contributed by atoms with Crippen molar-refractivity contribution in [2.75, 3.05) is 42.9 Å². The fourth-order valence-corrected chi connectivity index (χ4v) is 3.13. The van der Waals surface area contributed by atoms with Crippen LogP contribution in [0.1, 0.15) is 6.42 Å². The number of nitro groups is 1. The molecule has 0 atom stereocenters. The third kappa shape index (κ3) is 4.79. The first kappa shape index (κ1) is 18.8. The van der Waals surface area contributed by atoms with Crippen molar-refractivity contribution in [2.24, 2.45) is 0 Å². The Bertz CT molecular complexity index is 822. The van der Waals surface area contributed by atoms with E-state index in [2.05, 4.69) is 10.2 Å². The van der Waals surface area contributed by atoms with Gasteiger partial charge in [-0.25, -0.2) is 4.39 Å². The van der Waals surface area contributed by atoms with Crippen LogP contribution in [0.5, 0.6) is 0 Å². The van der Waals surface area contributed by atoms with Gasteiger partial charge in [0.1, 0.15) is 11.5 Å². The van der Waals surface area contributed by atoms with E-state index < -0.39 is 5.82 Å². The molecule has 1 aliphatic heterocycles. The van der Waals surface area contributed by atoms with Crippen molar-refractivity contribution >= 4 is 23.0 Å². The van der Waals surface area contributed by atoms with Crippen LogP contribution in [0.2, 0.25) is 0 Å². The Labute approximate surface area is 156 Å². The number of carbonyl (C=O) groups is 1. The van der Waals surface area contributed by atoms with Gasteiger partial charge in [-0.3, -0.25) is 19.8 Å². The van der Waals surface area contributed by atoms with Gasteiger partial charge in [-0.2, -0.15) is 0 Å². The molecule has 3 rings (SSSR count). The van der Waals surface area contributed by atoms with Crippen molar-refractivity contribution in [1.29, 1.82) is 0 Å². The lowest BCUT2D eigenvalue weighted by Gasteiger charge is -2.35. The largest absolute Gasteiger partial charge is 0.363 e. The third-order valence-electron chi connectivity index (χ3n) is 4.59. The number of rotatable bonds is 6. The van der Waals surface area contributed by atoms with Crippen LogP contribution in [0.25, 0.3) is 0 Å². The number of hydrogen-bond acceptors (Lipinski definition) is 5. The number of hydrogen-bond donors (Lipinski definition) is 1. The van der Waals surface area contributed by atoms with Gasteiger partial charge in [-0.15, -0.1) is 0 Å². The number of nitrogens with zero attached hydrogens (tertiary/aromatic N) is 3. The molecule has 27 heavy (non-hydrogen) atoms. The van der Waals surface area contributed by atoms with Gasteiger partial charge in [0.25, 0.3) is 5.69 Å². The maximum absolute atomic E-state index is 13.6. The molecule has 1 aliphatic rings. The van der Waals surface area contributed by atoms with E-state index in [1.54, 1.807) is 30.3 Å². The maximum atomic E-state index is 13.6. The van der Waals surface area contributed by atoms with Gasteiger partial charge in [0.05, 0.1) is 10.6 Å². The van der Waals surface area contributed by atoms with E-state index in [1.165, 1.54) is 18.2 Å². The molecule has 142 valence electrons. The molecule has 7 nitrogen and oxygen atoms in total. The molecular weight excluding hydrogens is 351 g/mol. The van der Waals surface area contributed by atoms with E-state index in [0.717, 1.165) is 0 Å². The van der Waals surface area contributed by atoms with Crippen molar-refractivity contribution < 1.29 is 14.1 Å². The number of carbonyl (C=O) groups excluding carboxylic acids is 1. The summed E-state index contributed by atoms with van der Waals surface area (Å²) in [6, 6.07) is 12.8. The lowest BCUT2D eigenvalue weighted by Crippen LogP contribution is -2.47. The minimum atomic E-state index is -0.455. The highest BCUT2D eigenvalue weighted by Crippen LogP contribution is 2.28. The van der Waals surface area contributed by atoms with E-state index in [-0.39, 0.29) is 28.6 Å². The Morgan fingerprint density at radius 1 is 1.07 bits per heavy atom. The Balaban J connectivity index is 1.48. The molecule has 8 heteroatoms. The number of nitrogens with one attached hydrogen (secondary N) is 1. The molecule has 1 saturated heterocycles. The zero-order valence-corrected chi connectivity index (χ0v) is 14.8. The third-order valence-corrected chi connectivity index (χ3v) is 4.59. The summed E-state index contributed by atoms with van der Waals surface area (Å²) < 4.78 is 13.6.